The Balaban J connectivity index is 1.04. The molecule has 1 aliphatic carbocycles. The first-order valence-corrected chi connectivity index (χ1v) is 30.3. The summed E-state index contributed by atoms with van der Waals surface area (Å²) < 4.78 is 36.9. The maximum atomic E-state index is 13.2. The molecule has 0 fully saturated rings. The minimum absolute atomic E-state index is 0.320. The molecule has 12 aromatic carbocycles. The molecule has 0 atom stereocenters. The quantitative estimate of drug-likeness (QED) is 0.173. The first kappa shape index (κ1) is 47.7. The van der Waals surface area contributed by atoms with E-state index in [2.05, 4.69) is 188 Å². The molecule has 1 aliphatic rings. The predicted molar refractivity (Wildman–Crippen MR) is 362 cm³/mol. The lowest BCUT2D eigenvalue weighted by molar-refractivity contribution is 0.549. The summed E-state index contributed by atoms with van der Waals surface area (Å²) in [5, 5.41) is 40.6. The van der Waals surface area contributed by atoms with E-state index in [0.717, 1.165) is 188 Å². The average molecular weight is 1150 g/mol. The van der Waals surface area contributed by atoms with Crippen molar-refractivity contribution < 1.29 is 17.7 Å². The third-order valence-corrected chi connectivity index (χ3v) is 19.5. The summed E-state index contributed by atoms with van der Waals surface area (Å²) in [5.74, 6) is 0.951. The van der Waals surface area contributed by atoms with Crippen LogP contribution in [0.3, 0.4) is 0 Å². The number of fused-ring (bicyclic) bond motifs is 28. The van der Waals surface area contributed by atoms with Gasteiger partial charge in [-0.2, -0.15) is 10.5 Å². The Morgan fingerprint density at radius 2 is 0.589 bits per heavy atom. The van der Waals surface area contributed by atoms with Crippen LogP contribution in [-0.2, 0) is 6.42 Å². The molecule has 0 saturated heterocycles. The van der Waals surface area contributed by atoms with E-state index in [9.17, 15) is 10.5 Å². The highest BCUT2D eigenvalue weighted by atomic mass is 16.3. The number of nitrogens with zero attached hydrogens (tertiary/aromatic N) is 6. The molecule has 0 radical (unpaired) electrons. The second-order valence-electron chi connectivity index (χ2n) is 23.8. The summed E-state index contributed by atoms with van der Waals surface area (Å²) in [6.07, 6.45) is 6.08. The molecule has 0 bridgehead atoms. The zero-order valence-corrected chi connectivity index (χ0v) is 47.7. The molecule has 8 aromatic heterocycles. The molecule has 0 unspecified atom stereocenters. The summed E-state index contributed by atoms with van der Waals surface area (Å²) in [4.78, 5) is 0. The summed E-state index contributed by atoms with van der Waals surface area (Å²) >= 11 is 0. The number of furan rings is 4. The van der Waals surface area contributed by atoms with Gasteiger partial charge in [-0.25, -0.2) is 0 Å². The lowest BCUT2D eigenvalue weighted by Gasteiger charge is -2.27. The average Bonchev–Trinajstić information content (AvgIpc) is 1.47. The maximum absolute atomic E-state index is 13.2. The van der Waals surface area contributed by atoms with Crippen LogP contribution in [0.2, 0.25) is 0 Å². The van der Waals surface area contributed by atoms with Gasteiger partial charge in [0.2, 0.25) is 0 Å². The van der Waals surface area contributed by atoms with Gasteiger partial charge >= 0.3 is 0 Å². The number of para-hydroxylation sites is 7. The summed E-state index contributed by atoms with van der Waals surface area (Å²) in [6.45, 7) is 0. The number of hydrogen-bond donors (Lipinski definition) is 0. The van der Waals surface area contributed by atoms with Crippen molar-refractivity contribution in [2.75, 3.05) is 0 Å². The van der Waals surface area contributed by atoms with Gasteiger partial charge in [0.05, 0.1) is 88.4 Å². The monoisotopic (exact) mass is 1150 g/mol. The summed E-state index contributed by atoms with van der Waals surface area (Å²) in [7, 11) is 0. The van der Waals surface area contributed by atoms with Crippen LogP contribution < -0.4 is 0 Å². The van der Waals surface area contributed by atoms with Crippen LogP contribution in [0.4, 0.5) is 0 Å². The molecular weight excluding hydrogens is 1110 g/mol. The second kappa shape index (κ2) is 17.1. The van der Waals surface area contributed by atoms with E-state index in [0.29, 0.717) is 33.9 Å². The minimum atomic E-state index is 0.320. The van der Waals surface area contributed by atoms with E-state index in [4.69, 9.17) is 17.7 Å². The van der Waals surface area contributed by atoms with Gasteiger partial charge in [0.15, 0.2) is 0 Å². The molecule has 8 heterocycles. The van der Waals surface area contributed by atoms with Gasteiger partial charge in [-0.3, -0.25) is 0 Å². The van der Waals surface area contributed by atoms with Crippen molar-refractivity contribution in [3.05, 3.63) is 247 Å². The van der Waals surface area contributed by atoms with Crippen LogP contribution in [0.5, 0.6) is 0 Å². The van der Waals surface area contributed by atoms with Gasteiger partial charge in [0.25, 0.3) is 0 Å². The van der Waals surface area contributed by atoms with Crippen molar-refractivity contribution in [3.8, 4) is 34.9 Å². The number of aryl methyl sites for hydroxylation is 1. The molecule has 0 saturated carbocycles. The number of allylic oxidation sites excluding steroid dienone is 1. The lowest BCUT2D eigenvalue weighted by atomic mass is 9.98. The Morgan fingerprint density at radius 3 is 0.933 bits per heavy atom. The molecule has 0 aliphatic heterocycles. The Kier molecular flexibility index (Phi) is 9.09. The largest absolute Gasteiger partial charge is 0.460 e. The van der Waals surface area contributed by atoms with Crippen LogP contribution in [-0.4, -0.2) is 18.3 Å². The van der Waals surface area contributed by atoms with E-state index in [1.165, 1.54) is 0 Å². The Morgan fingerprint density at radius 1 is 0.289 bits per heavy atom. The molecule has 10 nitrogen and oxygen atoms in total. The molecule has 10 heteroatoms. The van der Waals surface area contributed by atoms with Crippen molar-refractivity contribution in [3.63, 3.8) is 0 Å². The molecule has 21 rings (SSSR count). The fourth-order valence-electron chi connectivity index (χ4n) is 15.9. The Bertz CT molecular complexity index is 6820. The third-order valence-electron chi connectivity index (χ3n) is 19.5. The van der Waals surface area contributed by atoms with E-state index in [-0.39, 0.29) is 0 Å². The second-order valence-corrected chi connectivity index (χ2v) is 23.8. The number of rotatable bonds is 4. The third kappa shape index (κ3) is 5.86. The normalized spacial score (nSPS) is 13.0. The smallest absolute Gasteiger partial charge is 0.145 e. The van der Waals surface area contributed by atoms with Gasteiger partial charge in [0.1, 0.15) is 68.1 Å². The lowest BCUT2D eigenvalue weighted by Crippen LogP contribution is -2.16. The van der Waals surface area contributed by atoms with Crippen LogP contribution in [0, 0.1) is 22.7 Å². The topological polar surface area (TPSA) is 120 Å². The van der Waals surface area contributed by atoms with Gasteiger partial charge in [0, 0.05) is 71.2 Å². The van der Waals surface area contributed by atoms with Crippen molar-refractivity contribution in [1.29, 1.82) is 10.5 Å². The van der Waals surface area contributed by atoms with Gasteiger partial charge in [-0.15, -0.1) is 0 Å². The minimum Gasteiger partial charge on any atom is -0.460 e. The molecule has 0 amide bonds. The van der Waals surface area contributed by atoms with Crippen LogP contribution >= 0.6 is 0 Å². The fourth-order valence-corrected chi connectivity index (χ4v) is 15.9. The predicted octanol–water partition coefficient (Wildman–Crippen LogP) is 21.2. The molecular formula is C80H42N6O4. The highest BCUT2D eigenvalue weighted by Crippen LogP contribution is 2.52. The number of nitriles is 2. The van der Waals surface area contributed by atoms with Crippen molar-refractivity contribution >= 4 is 170 Å². The highest BCUT2D eigenvalue weighted by molar-refractivity contribution is 6.28. The summed E-state index contributed by atoms with van der Waals surface area (Å²) in [6, 6.07) is 81.2. The van der Waals surface area contributed by atoms with Crippen molar-refractivity contribution in [2.45, 2.75) is 12.8 Å². The van der Waals surface area contributed by atoms with Gasteiger partial charge < -0.3 is 35.9 Å². The van der Waals surface area contributed by atoms with E-state index < -0.39 is 0 Å². The standard InChI is InChI=1S/C80H42N6O4/c81-41-55-73(83-57-25-9-1-21-51(57)69-61(83)37-33-47-43-17-5-13-29-65(43)87-77(47)69)74(84-58-26-10-2-22-52(58)70-62(84)38-34-48-44-18-6-14-30-66(44)88-78(48)70)56(42-82)76(86-60-28-12-4-24-54(60)72-64(86)40-36-50-46-20-8-16-32-68(46)90-80(50)72)75(55)85-59-27-11-3-23-53(59)71-63(85)39-35-49-45-19-7-15-31-67(45)89-79(49)71/h1-15,17-31,33-40H,16,32H2. The van der Waals surface area contributed by atoms with Gasteiger partial charge in [-0.1, -0.05) is 140 Å². The summed E-state index contributed by atoms with van der Waals surface area (Å²) in [5.41, 5.74) is 15.6. The molecule has 20 aromatic rings. The first-order chi connectivity index (χ1) is 44.6. The zero-order chi connectivity index (χ0) is 58.8. The van der Waals surface area contributed by atoms with E-state index in [1.807, 2.05) is 72.8 Å². The first-order valence-electron chi connectivity index (χ1n) is 30.3. The molecule has 0 N–H and O–H groups in total. The van der Waals surface area contributed by atoms with Crippen LogP contribution in [0.1, 0.15) is 28.9 Å². The molecule has 416 valence electrons. The van der Waals surface area contributed by atoms with E-state index in [1.54, 1.807) is 0 Å². The Labute approximate surface area is 508 Å². The maximum Gasteiger partial charge on any atom is 0.145 e. The number of hydrogen-bond acceptors (Lipinski definition) is 6. The van der Waals surface area contributed by atoms with Crippen molar-refractivity contribution in [2.24, 2.45) is 0 Å². The SMILES string of the molecule is N#Cc1c(-n2c3ccccc3c3c4oc5c(c4ccc32)C=CCC5)c(-n2c3ccccc3c3c4oc5ccccc5c4ccc32)c(C#N)c(-n2c3ccccc3c3c4oc5ccccc5c4ccc32)c1-n1c2ccccc2c2c3oc4ccccc4c3ccc21. The zero-order valence-electron chi connectivity index (χ0n) is 47.7. The molecule has 0 spiro atoms. The van der Waals surface area contributed by atoms with Crippen LogP contribution in [0.15, 0.2) is 242 Å². The number of benzene rings is 12. The van der Waals surface area contributed by atoms with Crippen molar-refractivity contribution in [1.82, 2.24) is 18.3 Å². The van der Waals surface area contributed by atoms with E-state index >= 15 is 0 Å². The van der Waals surface area contributed by atoms with Crippen LogP contribution in [0.25, 0.3) is 193 Å². The molecule has 90 heavy (non-hydrogen) atoms. The highest BCUT2D eigenvalue weighted by Gasteiger charge is 2.36. The van der Waals surface area contributed by atoms with Gasteiger partial charge in [-0.05, 0) is 97.4 Å². The number of aromatic nitrogens is 4. The Hall–Kier alpha value is -12.5. The fraction of sp³-hybridized carbons (Fsp3) is 0.0250.